The van der Waals surface area contributed by atoms with Crippen LogP contribution >= 0.6 is 0 Å². The van der Waals surface area contributed by atoms with Gasteiger partial charge in [0.15, 0.2) is 0 Å². The maximum atomic E-state index is 12.5. The maximum Gasteiger partial charge on any atom is 0.236 e. The van der Waals surface area contributed by atoms with Crippen molar-refractivity contribution in [3.05, 3.63) is 0 Å². The lowest BCUT2D eigenvalue weighted by Gasteiger charge is -2.35. The van der Waals surface area contributed by atoms with E-state index in [2.05, 4.69) is 4.90 Å². The third-order valence-electron chi connectivity index (χ3n) is 5.26. The molecule has 0 aromatic heterocycles. The van der Waals surface area contributed by atoms with Crippen LogP contribution in [0.2, 0.25) is 0 Å². The second kappa shape index (κ2) is 6.96. The molecule has 2 amide bonds. The van der Waals surface area contributed by atoms with E-state index in [9.17, 15) is 9.59 Å². The zero-order valence-electron chi connectivity index (χ0n) is 13.5. The topological polar surface area (TPSA) is 53.1 Å². The number of amides is 2. The van der Waals surface area contributed by atoms with Crippen molar-refractivity contribution >= 4 is 11.8 Å². The molecule has 2 atom stereocenters. The molecule has 3 aliphatic heterocycles. The van der Waals surface area contributed by atoms with E-state index in [4.69, 9.17) is 4.74 Å². The molecule has 6 nitrogen and oxygen atoms in total. The van der Waals surface area contributed by atoms with Gasteiger partial charge in [0, 0.05) is 38.6 Å². The monoisotopic (exact) mass is 309 g/mol. The molecule has 0 aliphatic carbocycles. The number of hydrogen-bond donors (Lipinski definition) is 0. The molecule has 22 heavy (non-hydrogen) atoms. The van der Waals surface area contributed by atoms with Crippen molar-refractivity contribution in [2.75, 3.05) is 45.9 Å². The van der Waals surface area contributed by atoms with Crippen molar-refractivity contribution in [2.24, 2.45) is 0 Å². The van der Waals surface area contributed by atoms with E-state index >= 15 is 0 Å². The molecule has 0 bridgehead atoms. The largest absolute Gasteiger partial charge is 0.378 e. The van der Waals surface area contributed by atoms with Crippen LogP contribution in [0.3, 0.4) is 0 Å². The van der Waals surface area contributed by atoms with Crippen molar-refractivity contribution in [3.8, 4) is 0 Å². The van der Waals surface area contributed by atoms with Crippen LogP contribution in [0.5, 0.6) is 0 Å². The van der Waals surface area contributed by atoms with Gasteiger partial charge in [0.1, 0.15) is 0 Å². The molecule has 0 spiro atoms. The second-order valence-electron chi connectivity index (χ2n) is 6.60. The first-order valence-electron chi connectivity index (χ1n) is 8.53. The average molecular weight is 309 g/mol. The predicted molar refractivity (Wildman–Crippen MR) is 82.4 cm³/mol. The molecule has 6 heteroatoms. The minimum Gasteiger partial charge on any atom is -0.378 e. The van der Waals surface area contributed by atoms with Crippen LogP contribution in [0.25, 0.3) is 0 Å². The third-order valence-corrected chi connectivity index (χ3v) is 5.26. The molecule has 3 heterocycles. The van der Waals surface area contributed by atoms with E-state index in [0.717, 1.165) is 38.8 Å². The first-order chi connectivity index (χ1) is 10.7. The fourth-order valence-corrected chi connectivity index (χ4v) is 4.15. The normalized spacial score (nSPS) is 30.0. The molecule has 3 aliphatic rings. The van der Waals surface area contributed by atoms with Crippen LogP contribution in [0.15, 0.2) is 0 Å². The lowest BCUT2D eigenvalue weighted by molar-refractivity contribution is -0.137. The van der Waals surface area contributed by atoms with E-state index in [0.29, 0.717) is 44.9 Å². The van der Waals surface area contributed by atoms with Crippen molar-refractivity contribution in [1.82, 2.24) is 14.7 Å². The number of carbonyl (C=O) groups excluding carboxylic acids is 2. The van der Waals surface area contributed by atoms with Gasteiger partial charge in [0.05, 0.1) is 19.8 Å². The lowest BCUT2D eigenvalue weighted by Crippen LogP contribution is -2.51. The van der Waals surface area contributed by atoms with Gasteiger partial charge in [0.2, 0.25) is 11.8 Å². The van der Waals surface area contributed by atoms with Gasteiger partial charge in [-0.25, -0.2) is 0 Å². The summed E-state index contributed by atoms with van der Waals surface area (Å²) >= 11 is 0. The predicted octanol–water partition coefficient (Wildman–Crippen LogP) is 0.321. The molecule has 3 fully saturated rings. The van der Waals surface area contributed by atoms with Crippen molar-refractivity contribution in [3.63, 3.8) is 0 Å². The first kappa shape index (κ1) is 15.7. The minimum atomic E-state index is 0.175. The number of morpholine rings is 1. The molecule has 3 saturated heterocycles. The summed E-state index contributed by atoms with van der Waals surface area (Å²) in [5, 5.41) is 0. The van der Waals surface area contributed by atoms with Crippen molar-refractivity contribution in [2.45, 2.75) is 44.7 Å². The van der Waals surface area contributed by atoms with Crippen molar-refractivity contribution in [1.29, 1.82) is 0 Å². The summed E-state index contributed by atoms with van der Waals surface area (Å²) in [6.45, 7) is 6.72. The Labute approximate surface area is 132 Å². The third kappa shape index (κ3) is 3.27. The number of likely N-dealkylation sites (tertiary alicyclic amines) is 2. The maximum absolute atomic E-state index is 12.5. The van der Waals surface area contributed by atoms with Gasteiger partial charge in [-0.2, -0.15) is 0 Å². The molecule has 0 radical (unpaired) electrons. The Morgan fingerprint density at radius 2 is 1.68 bits per heavy atom. The van der Waals surface area contributed by atoms with Crippen LogP contribution in [0, 0.1) is 0 Å². The van der Waals surface area contributed by atoms with Crippen LogP contribution in [-0.2, 0) is 14.3 Å². The summed E-state index contributed by atoms with van der Waals surface area (Å²) in [5.41, 5.74) is 0. The van der Waals surface area contributed by atoms with E-state index < -0.39 is 0 Å². The molecular weight excluding hydrogens is 282 g/mol. The Kier molecular flexibility index (Phi) is 4.98. The van der Waals surface area contributed by atoms with E-state index in [-0.39, 0.29) is 11.8 Å². The molecule has 0 unspecified atom stereocenters. The Bertz CT molecular complexity index is 423. The SMILES string of the molecule is CC(=O)N1CCC[C@H]1[C@@H]1CCCN1CC(=O)N1CCOCC1. The zero-order chi connectivity index (χ0) is 15.5. The summed E-state index contributed by atoms with van der Waals surface area (Å²) in [7, 11) is 0. The Morgan fingerprint density at radius 1 is 1.00 bits per heavy atom. The first-order valence-corrected chi connectivity index (χ1v) is 8.53. The number of rotatable bonds is 3. The van der Waals surface area contributed by atoms with Gasteiger partial charge >= 0.3 is 0 Å². The summed E-state index contributed by atoms with van der Waals surface area (Å²) in [4.78, 5) is 30.5. The van der Waals surface area contributed by atoms with Gasteiger partial charge in [-0.05, 0) is 32.2 Å². The van der Waals surface area contributed by atoms with Gasteiger partial charge in [0.25, 0.3) is 0 Å². The van der Waals surface area contributed by atoms with Crippen LogP contribution in [0.4, 0.5) is 0 Å². The molecule has 0 saturated carbocycles. The van der Waals surface area contributed by atoms with E-state index in [1.807, 2.05) is 9.80 Å². The second-order valence-corrected chi connectivity index (χ2v) is 6.60. The van der Waals surface area contributed by atoms with E-state index in [1.165, 1.54) is 0 Å². The van der Waals surface area contributed by atoms with Crippen LogP contribution in [0.1, 0.15) is 32.6 Å². The quantitative estimate of drug-likeness (QED) is 0.753. The van der Waals surface area contributed by atoms with Gasteiger partial charge < -0.3 is 14.5 Å². The van der Waals surface area contributed by atoms with Crippen LogP contribution < -0.4 is 0 Å². The van der Waals surface area contributed by atoms with E-state index in [1.54, 1.807) is 6.92 Å². The average Bonchev–Trinajstić information content (AvgIpc) is 3.16. The highest BCUT2D eigenvalue weighted by molar-refractivity contribution is 5.78. The lowest BCUT2D eigenvalue weighted by atomic mass is 10.0. The molecule has 124 valence electrons. The number of nitrogens with zero attached hydrogens (tertiary/aromatic N) is 3. The highest BCUT2D eigenvalue weighted by atomic mass is 16.5. The standard InChI is InChI=1S/C16H27N3O3/c1-13(20)19-7-3-5-15(19)14-4-2-6-18(14)12-16(21)17-8-10-22-11-9-17/h14-15H,2-12H2,1H3/t14-,15-/m0/s1. The molecule has 3 rings (SSSR count). The fourth-order valence-electron chi connectivity index (χ4n) is 4.15. The highest BCUT2D eigenvalue weighted by Gasteiger charge is 2.39. The Hall–Kier alpha value is -1.14. The molecule has 0 aromatic rings. The summed E-state index contributed by atoms with van der Waals surface area (Å²) < 4.78 is 5.31. The zero-order valence-corrected chi connectivity index (χ0v) is 13.5. The van der Waals surface area contributed by atoms with Gasteiger partial charge in [-0.1, -0.05) is 0 Å². The van der Waals surface area contributed by atoms with Crippen LogP contribution in [-0.4, -0.2) is 84.5 Å². The van der Waals surface area contributed by atoms with Gasteiger partial charge in [-0.15, -0.1) is 0 Å². The fraction of sp³-hybridized carbons (Fsp3) is 0.875. The van der Waals surface area contributed by atoms with Gasteiger partial charge in [-0.3, -0.25) is 14.5 Å². The summed E-state index contributed by atoms with van der Waals surface area (Å²) in [6.07, 6.45) is 4.40. The summed E-state index contributed by atoms with van der Waals surface area (Å²) in [6, 6.07) is 0.661. The number of hydrogen-bond acceptors (Lipinski definition) is 4. The molecule has 0 aromatic carbocycles. The Balaban J connectivity index is 1.60. The molecule has 0 N–H and O–H groups in total. The highest BCUT2D eigenvalue weighted by Crippen LogP contribution is 2.30. The smallest absolute Gasteiger partial charge is 0.236 e. The minimum absolute atomic E-state index is 0.175. The Morgan fingerprint density at radius 3 is 2.41 bits per heavy atom. The molecular formula is C16H27N3O3. The number of carbonyl (C=O) groups is 2. The summed E-state index contributed by atoms with van der Waals surface area (Å²) in [5.74, 6) is 0.386. The van der Waals surface area contributed by atoms with Crippen molar-refractivity contribution < 1.29 is 14.3 Å². The number of ether oxygens (including phenoxy) is 1.